The van der Waals surface area contributed by atoms with E-state index in [0.29, 0.717) is 11.8 Å². The van der Waals surface area contributed by atoms with E-state index in [1.807, 2.05) is 11.8 Å². The minimum atomic E-state index is -0.474. The van der Waals surface area contributed by atoms with Crippen LogP contribution in [0.1, 0.15) is 117 Å². The Bertz CT molecular complexity index is 2890. The fraction of sp³-hybridized carbons (Fsp3) is 0.311. The first kappa shape index (κ1) is 38.2. The lowest BCUT2D eigenvalue weighted by atomic mass is 9.42. The van der Waals surface area contributed by atoms with E-state index in [0.717, 1.165) is 11.8 Å². The second-order valence-corrected chi connectivity index (χ2v) is 22.6. The minimum Gasteiger partial charge on any atom is -0.310 e. The molecule has 2 heteroatoms. The molecule has 1 spiro atoms. The van der Waals surface area contributed by atoms with Gasteiger partial charge in [-0.25, -0.2) is 0 Å². The summed E-state index contributed by atoms with van der Waals surface area (Å²) in [6, 6.07) is 63.9. The molecule has 6 aliphatic carbocycles. The Morgan fingerprint density at radius 1 is 0.413 bits per heavy atom. The van der Waals surface area contributed by atoms with Gasteiger partial charge in [0, 0.05) is 32.3 Å². The van der Waals surface area contributed by atoms with Crippen LogP contribution in [0, 0.1) is 23.7 Å². The molecule has 1 heterocycles. The molecule has 4 fully saturated rings. The summed E-state index contributed by atoms with van der Waals surface area (Å²) in [4.78, 5) is 5.60. The Morgan fingerprint density at radius 2 is 0.905 bits per heavy atom. The Morgan fingerprint density at radius 3 is 1.57 bits per heavy atom. The summed E-state index contributed by atoms with van der Waals surface area (Å²) in [7, 11) is 0. The molecule has 0 aromatic heterocycles. The summed E-state index contributed by atoms with van der Waals surface area (Å²) in [6.07, 6.45) is 9.36. The highest BCUT2D eigenvalue weighted by Crippen LogP contribution is 2.69. The first-order valence-electron chi connectivity index (χ1n) is 23.9. The van der Waals surface area contributed by atoms with E-state index in [9.17, 15) is 0 Å². The van der Waals surface area contributed by atoms with Crippen LogP contribution in [0.25, 0.3) is 11.1 Å². The molecule has 7 aliphatic rings. The van der Waals surface area contributed by atoms with Gasteiger partial charge in [0.1, 0.15) is 0 Å². The van der Waals surface area contributed by atoms with Crippen molar-refractivity contribution in [3.8, 4) is 11.1 Å². The van der Waals surface area contributed by atoms with Gasteiger partial charge in [0.15, 0.2) is 0 Å². The molecule has 7 aromatic rings. The zero-order valence-electron chi connectivity index (χ0n) is 37.2. The second kappa shape index (κ2) is 13.6. The van der Waals surface area contributed by atoms with Crippen molar-refractivity contribution in [3.63, 3.8) is 0 Å². The molecule has 312 valence electrons. The van der Waals surface area contributed by atoms with Gasteiger partial charge in [-0.2, -0.15) is 0 Å². The Hall–Kier alpha value is -5.31. The van der Waals surface area contributed by atoms with Crippen molar-refractivity contribution >= 4 is 28.8 Å². The van der Waals surface area contributed by atoms with Crippen LogP contribution in [0.2, 0.25) is 0 Å². The fourth-order valence-corrected chi connectivity index (χ4v) is 16.0. The van der Waals surface area contributed by atoms with Crippen LogP contribution >= 0.6 is 11.8 Å². The first-order valence-corrected chi connectivity index (χ1v) is 24.7. The van der Waals surface area contributed by atoms with Crippen LogP contribution in [0.4, 0.5) is 17.1 Å². The van der Waals surface area contributed by atoms with E-state index >= 15 is 0 Å². The van der Waals surface area contributed by atoms with Crippen LogP contribution in [0.15, 0.2) is 174 Å². The van der Waals surface area contributed by atoms with Gasteiger partial charge in [0.25, 0.3) is 0 Å². The fourth-order valence-electron chi connectivity index (χ4n) is 14.8. The predicted octanol–water partition coefficient (Wildman–Crippen LogP) is 16.1. The number of fused-ring (bicyclic) bond motifs is 6. The van der Waals surface area contributed by atoms with Crippen molar-refractivity contribution < 1.29 is 0 Å². The highest BCUT2D eigenvalue weighted by atomic mass is 32.2. The molecule has 4 bridgehead atoms. The van der Waals surface area contributed by atoms with Crippen LogP contribution in [-0.2, 0) is 21.7 Å². The van der Waals surface area contributed by atoms with Gasteiger partial charge in [-0.15, -0.1) is 0 Å². The zero-order valence-corrected chi connectivity index (χ0v) is 38.0. The van der Waals surface area contributed by atoms with Crippen molar-refractivity contribution in [2.75, 3.05) is 4.90 Å². The third-order valence-electron chi connectivity index (χ3n) is 17.4. The van der Waals surface area contributed by atoms with Crippen molar-refractivity contribution in [2.24, 2.45) is 23.7 Å². The van der Waals surface area contributed by atoms with E-state index in [1.54, 1.807) is 11.1 Å². The van der Waals surface area contributed by atoms with Gasteiger partial charge in [0.05, 0.1) is 5.41 Å². The minimum absolute atomic E-state index is 0.0590. The maximum Gasteiger partial charge on any atom is 0.0714 e. The summed E-state index contributed by atoms with van der Waals surface area (Å²) >= 11 is 2.02. The predicted molar refractivity (Wildman–Crippen MR) is 262 cm³/mol. The molecule has 1 nitrogen and oxygen atoms in total. The van der Waals surface area contributed by atoms with E-state index < -0.39 is 5.41 Å². The third kappa shape index (κ3) is 5.31. The first-order chi connectivity index (χ1) is 30.7. The molecule has 4 saturated carbocycles. The monoisotopic (exact) mass is 835 g/mol. The van der Waals surface area contributed by atoms with Gasteiger partial charge < -0.3 is 4.90 Å². The van der Waals surface area contributed by atoms with Crippen molar-refractivity contribution in [1.82, 2.24) is 0 Å². The smallest absolute Gasteiger partial charge is 0.0714 e. The molecule has 1 aliphatic heterocycles. The van der Waals surface area contributed by atoms with Gasteiger partial charge in [0.2, 0.25) is 0 Å². The molecular formula is C61H57NS. The Kier molecular flexibility index (Phi) is 8.24. The molecule has 14 rings (SSSR count). The standard InChI is InChI=1S/C61H57NS/c1-58(2)29-30-59(3,4)54-37-46(24-27-51(54)58)62(47-25-28-57-55(38-47)61(52-21-13-14-22-56(52)63-57)43-32-39-31-40(34-43)35-44(61)33-39)45-23-26-49-48-19-11-12-20-50(48)60(53(49)36-45,41-15-7-5-8-16-41)42-17-9-6-10-18-42/h5-28,36-40,43-44H,29-35H2,1-4H3. The lowest BCUT2D eigenvalue weighted by molar-refractivity contribution is -0.0443. The van der Waals surface area contributed by atoms with Gasteiger partial charge in [-0.1, -0.05) is 155 Å². The van der Waals surface area contributed by atoms with Gasteiger partial charge in [-0.05, 0) is 184 Å². The molecular weight excluding hydrogens is 779 g/mol. The number of hydrogen-bond acceptors (Lipinski definition) is 2. The van der Waals surface area contributed by atoms with Crippen molar-refractivity contribution in [3.05, 3.63) is 208 Å². The maximum absolute atomic E-state index is 2.69. The number of hydrogen-bond donors (Lipinski definition) is 0. The van der Waals surface area contributed by atoms with E-state index in [-0.39, 0.29) is 16.2 Å². The van der Waals surface area contributed by atoms with Crippen LogP contribution in [0.5, 0.6) is 0 Å². The summed E-state index contributed by atoms with van der Waals surface area (Å²) in [5.74, 6) is 3.19. The molecule has 0 radical (unpaired) electrons. The molecule has 0 unspecified atom stereocenters. The zero-order chi connectivity index (χ0) is 42.3. The lowest BCUT2D eigenvalue weighted by Crippen LogP contribution is -2.57. The molecule has 0 saturated heterocycles. The number of rotatable bonds is 5. The lowest BCUT2D eigenvalue weighted by Gasteiger charge is -2.63. The molecule has 63 heavy (non-hydrogen) atoms. The average molecular weight is 836 g/mol. The van der Waals surface area contributed by atoms with Crippen molar-refractivity contribution in [2.45, 2.75) is 104 Å². The largest absolute Gasteiger partial charge is 0.310 e. The Balaban J connectivity index is 1.07. The molecule has 0 amide bonds. The van der Waals surface area contributed by atoms with Gasteiger partial charge in [-0.3, -0.25) is 0 Å². The number of benzene rings is 7. The van der Waals surface area contributed by atoms with Gasteiger partial charge >= 0.3 is 0 Å². The Labute approximate surface area is 379 Å². The average Bonchev–Trinajstić information content (AvgIpc) is 3.60. The molecule has 0 atom stereocenters. The van der Waals surface area contributed by atoms with E-state index in [4.69, 9.17) is 0 Å². The van der Waals surface area contributed by atoms with Crippen LogP contribution in [0.3, 0.4) is 0 Å². The second-order valence-electron chi connectivity index (χ2n) is 21.5. The maximum atomic E-state index is 2.69. The highest BCUT2D eigenvalue weighted by Gasteiger charge is 2.61. The normalized spacial score (nSPS) is 25.7. The highest BCUT2D eigenvalue weighted by molar-refractivity contribution is 7.99. The number of anilines is 3. The van der Waals surface area contributed by atoms with Crippen LogP contribution < -0.4 is 4.90 Å². The molecule has 7 aromatic carbocycles. The summed E-state index contributed by atoms with van der Waals surface area (Å²) < 4.78 is 0. The van der Waals surface area contributed by atoms with Crippen molar-refractivity contribution in [1.29, 1.82) is 0 Å². The topological polar surface area (TPSA) is 3.24 Å². The summed E-state index contributed by atoms with van der Waals surface area (Å²) in [5, 5.41) is 0. The summed E-state index contributed by atoms with van der Waals surface area (Å²) in [6.45, 7) is 9.85. The van der Waals surface area contributed by atoms with Crippen LogP contribution in [-0.4, -0.2) is 0 Å². The molecule has 0 N–H and O–H groups in total. The third-order valence-corrected chi connectivity index (χ3v) is 18.6. The van der Waals surface area contributed by atoms with E-state index in [1.165, 1.54) is 116 Å². The summed E-state index contributed by atoms with van der Waals surface area (Å²) in [5.41, 5.74) is 17.7. The quantitative estimate of drug-likeness (QED) is 0.170. The van der Waals surface area contributed by atoms with E-state index in [2.05, 4.69) is 196 Å². The SMILES string of the molecule is CC1(C)CCC(C)(C)c2cc(N(c3ccc4c(c3)C(c3ccccc3)(c3ccccc3)c3ccccc3-4)c3ccc4c(c3)C3(c5ccccc5S4)C4CC5CC(C4)CC3C5)ccc21. The number of nitrogens with zero attached hydrogens (tertiary/aromatic N) is 1.